The van der Waals surface area contributed by atoms with E-state index in [-0.39, 0.29) is 23.6 Å². The third kappa shape index (κ3) is 4.32. The number of carbonyl (C=O) groups excluding carboxylic acids is 1. The number of alkyl halides is 3. The van der Waals surface area contributed by atoms with E-state index in [0.717, 1.165) is 11.3 Å². The first-order chi connectivity index (χ1) is 16.3. The molecule has 0 saturated carbocycles. The number of nitrogens with zero attached hydrogens (tertiary/aromatic N) is 2. The lowest BCUT2D eigenvalue weighted by atomic mass is 10.1. The Morgan fingerprint density at radius 3 is 2.29 bits per heavy atom. The molecule has 0 aliphatic heterocycles. The van der Waals surface area contributed by atoms with E-state index in [9.17, 15) is 22.8 Å². The number of aromatic nitrogens is 2. The number of para-hydroxylation sites is 2. The summed E-state index contributed by atoms with van der Waals surface area (Å²) in [6.07, 6.45) is -4.43. The molecule has 0 atom stereocenters. The number of fused-ring (bicyclic) bond motifs is 3. The van der Waals surface area contributed by atoms with E-state index in [0.29, 0.717) is 37.2 Å². The quantitative estimate of drug-likeness (QED) is 0.343. The molecule has 2 aromatic heterocycles. The molecule has 10 heteroatoms. The lowest BCUT2D eigenvalue weighted by molar-refractivity contribution is -0.153. The summed E-state index contributed by atoms with van der Waals surface area (Å²) in [7, 11) is 0. The van der Waals surface area contributed by atoms with E-state index < -0.39 is 12.8 Å². The lowest BCUT2D eigenvalue weighted by Crippen LogP contribution is -2.21. The minimum atomic E-state index is -4.43. The zero-order valence-corrected chi connectivity index (χ0v) is 18.2. The second kappa shape index (κ2) is 8.45. The molecule has 3 aromatic carbocycles. The highest BCUT2D eigenvalue weighted by molar-refractivity contribution is 7.22. The Labute approximate surface area is 194 Å². The fourth-order valence-electron chi connectivity index (χ4n) is 3.76. The van der Waals surface area contributed by atoms with Gasteiger partial charge in [-0.15, -0.1) is 0 Å². The third-order valence-electron chi connectivity index (χ3n) is 5.19. The third-order valence-corrected chi connectivity index (χ3v) is 6.12. The van der Waals surface area contributed by atoms with Gasteiger partial charge in [-0.1, -0.05) is 35.6 Å². The van der Waals surface area contributed by atoms with Crippen LogP contribution in [0.15, 0.2) is 71.5 Å². The maximum Gasteiger partial charge on any atom is 0.422 e. The van der Waals surface area contributed by atoms with E-state index in [1.54, 1.807) is 53.1 Å². The van der Waals surface area contributed by atoms with Gasteiger partial charge < -0.3 is 14.6 Å². The molecule has 0 spiro atoms. The minimum absolute atomic E-state index is 0.0584. The Morgan fingerprint density at radius 1 is 1.00 bits per heavy atom. The molecule has 1 N–H and O–H groups in total. The number of ether oxygens (including phenoxy) is 1. The summed E-state index contributed by atoms with van der Waals surface area (Å²) in [5.74, 6) is -0.288. The summed E-state index contributed by atoms with van der Waals surface area (Å²) in [6, 6.07) is 18.6. The van der Waals surface area contributed by atoms with Gasteiger partial charge in [0, 0.05) is 10.8 Å². The van der Waals surface area contributed by atoms with Gasteiger partial charge in [0.25, 0.3) is 0 Å². The van der Waals surface area contributed by atoms with E-state index in [1.807, 2.05) is 0 Å². The number of hydrogen-bond donors (Lipinski definition) is 1. The fourth-order valence-corrected chi connectivity index (χ4v) is 4.67. The van der Waals surface area contributed by atoms with Crippen LogP contribution in [-0.2, 0) is 11.3 Å². The number of benzene rings is 3. The smallest absolute Gasteiger partial charge is 0.422 e. The zero-order valence-electron chi connectivity index (χ0n) is 17.4. The number of amides is 1. The first kappa shape index (κ1) is 21.9. The van der Waals surface area contributed by atoms with Crippen LogP contribution in [0.3, 0.4) is 0 Å². The van der Waals surface area contributed by atoms with Gasteiger partial charge in [-0.25, -0.2) is 4.98 Å². The average molecular weight is 483 g/mol. The van der Waals surface area contributed by atoms with Crippen molar-refractivity contribution in [2.75, 3.05) is 11.9 Å². The first-order valence-electron chi connectivity index (χ1n) is 10.2. The molecule has 0 aliphatic carbocycles. The predicted molar refractivity (Wildman–Crippen MR) is 126 cm³/mol. The average Bonchev–Trinajstić information content (AvgIpc) is 3.21. The molecule has 2 heterocycles. The van der Waals surface area contributed by atoms with Gasteiger partial charge in [0.15, 0.2) is 17.2 Å². The van der Waals surface area contributed by atoms with Crippen LogP contribution in [0.1, 0.15) is 0 Å². The van der Waals surface area contributed by atoms with Crippen LogP contribution in [0, 0.1) is 0 Å². The fraction of sp³-hybridized carbons (Fsp3) is 0.125. The normalized spacial score (nSPS) is 11.9. The van der Waals surface area contributed by atoms with Gasteiger partial charge in [0.2, 0.25) is 5.91 Å². The minimum Gasteiger partial charge on any atom is -0.484 e. The van der Waals surface area contributed by atoms with Gasteiger partial charge >= 0.3 is 6.18 Å². The summed E-state index contributed by atoms with van der Waals surface area (Å²) in [5.41, 5.74) is 1.70. The topological polar surface area (TPSA) is 73.2 Å². The molecule has 172 valence electrons. The SMILES string of the molecule is O=C(Cn1c2ccccc2c(=O)c2ccccc21)Nc1nc2ccc(OCC(F)(F)F)cc2s1. The number of thiazole rings is 1. The number of carbonyl (C=O) groups is 1. The van der Waals surface area contributed by atoms with Crippen molar-refractivity contribution in [3.05, 3.63) is 77.0 Å². The van der Waals surface area contributed by atoms with E-state index >= 15 is 0 Å². The standard InChI is InChI=1S/C24H16F3N3O3S/c25-24(26,27)13-33-14-9-10-17-20(11-14)34-23(28-17)29-21(31)12-30-18-7-3-1-5-15(18)22(32)16-6-2-4-8-19(16)30/h1-11H,12-13H2,(H,28,29,31). The van der Waals surface area contributed by atoms with Crippen LogP contribution >= 0.6 is 11.3 Å². The number of anilines is 1. The van der Waals surface area contributed by atoms with Gasteiger partial charge in [0.05, 0.1) is 21.3 Å². The van der Waals surface area contributed by atoms with E-state index in [4.69, 9.17) is 4.74 Å². The molecular weight excluding hydrogens is 467 g/mol. The van der Waals surface area contributed by atoms with Crippen molar-refractivity contribution in [1.82, 2.24) is 9.55 Å². The highest BCUT2D eigenvalue weighted by Crippen LogP contribution is 2.30. The van der Waals surface area contributed by atoms with Crippen molar-refractivity contribution in [3.8, 4) is 5.75 Å². The van der Waals surface area contributed by atoms with Gasteiger partial charge in [-0.05, 0) is 42.5 Å². The van der Waals surface area contributed by atoms with E-state index in [1.165, 1.54) is 18.2 Å². The van der Waals surface area contributed by atoms with Crippen molar-refractivity contribution < 1.29 is 22.7 Å². The molecule has 6 nitrogen and oxygen atoms in total. The number of nitrogens with one attached hydrogen (secondary N) is 1. The van der Waals surface area contributed by atoms with Crippen LogP contribution in [0.2, 0.25) is 0 Å². The Bertz CT molecular complexity index is 1550. The number of rotatable bonds is 5. The summed E-state index contributed by atoms with van der Waals surface area (Å²) >= 11 is 1.13. The van der Waals surface area contributed by atoms with Crippen molar-refractivity contribution in [3.63, 3.8) is 0 Å². The molecular formula is C24H16F3N3O3S. The molecule has 1 amide bonds. The maximum absolute atomic E-state index is 12.9. The molecule has 0 fully saturated rings. The summed E-state index contributed by atoms with van der Waals surface area (Å²) in [4.78, 5) is 30.1. The Kier molecular flexibility index (Phi) is 5.45. The molecule has 5 rings (SSSR count). The van der Waals surface area contributed by atoms with Crippen LogP contribution < -0.4 is 15.5 Å². The van der Waals surface area contributed by atoms with Crippen LogP contribution in [0.4, 0.5) is 18.3 Å². The maximum atomic E-state index is 12.9. The second-order valence-corrected chi connectivity index (χ2v) is 8.58. The Hall–Kier alpha value is -3.92. The predicted octanol–water partition coefficient (Wildman–Crippen LogP) is 5.34. The molecule has 5 aromatic rings. The summed E-state index contributed by atoms with van der Waals surface area (Å²) in [5, 5.41) is 4.08. The van der Waals surface area contributed by atoms with Crippen molar-refractivity contribution >= 4 is 54.4 Å². The second-order valence-electron chi connectivity index (χ2n) is 7.55. The summed E-state index contributed by atoms with van der Waals surface area (Å²) in [6.45, 7) is -1.45. The molecule has 0 unspecified atom stereocenters. The van der Waals surface area contributed by atoms with Crippen LogP contribution in [0.5, 0.6) is 5.75 Å². The summed E-state index contributed by atoms with van der Waals surface area (Å²) < 4.78 is 44.3. The van der Waals surface area contributed by atoms with Gasteiger partial charge in [0.1, 0.15) is 12.3 Å². The van der Waals surface area contributed by atoms with E-state index in [2.05, 4.69) is 10.3 Å². The molecule has 0 bridgehead atoms. The molecule has 0 saturated heterocycles. The number of hydrogen-bond acceptors (Lipinski definition) is 5. The van der Waals surface area contributed by atoms with Crippen molar-refractivity contribution in [1.29, 1.82) is 0 Å². The largest absolute Gasteiger partial charge is 0.484 e. The molecule has 34 heavy (non-hydrogen) atoms. The molecule has 0 aliphatic rings. The van der Waals surface area contributed by atoms with Crippen LogP contribution in [0.25, 0.3) is 32.0 Å². The van der Waals surface area contributed by atoms with Crippen molar-refractivity contribution in [2.24, 2.45) is 0 Å². The number of halogens is 3. The highest BCUT2D eigenvalue weighted by Gasteiger charge is 2.28. The first-order valence-corrected chi connectivity index (χ1v) is 11.0. The Balaban J connectivity index is 1.42. The lowest BCUT2D eigenvalue weighted by Gasteiger charge is -2.14. The van der Waals surface area contributed by atoms with Gasteiger partial charge in [-0.2, -0.15) is 13.2 Å². The molecule has 0 radical (unpaired) electrons. The number of pyridine rings is 1. The van der Waals surface area contributed by atoms with Gasteiger partial charge in [-0.3, -0.25) is 9.59 Å². The highest BCUT2D eigenvalue weighted by atomic mass is 32.1. The zero-order chi connectivity index (χ0) is 23.9. The monoisotopic (exact) mass is 483 g/mol. The van der Waals surface area contributed by atoms with Crippen molar-refractivity contribution in [2.45, 2.75) is 12.7 Å². The van der Waals surface area contributed by atoms with Crippen LogP contribution in [-0.4, -0.2) is 28.2 Å². The Morgan fingerprint density at radius 2 is 1.65 bits per heavy atom.